The SMILES string of the molecule is CN1C(N)=N[C@@]2(c3cc(NC(=O)c4ccc(C(F)(F)F)cn4)ccc3F)COCCC2S1(=O)=O. The van der Waals surface area contributed by atoms with Gasteiger partial charge in [0.15, 0.2) is 0 Å². The van der Waals surface area contributed by atoms with Crippen LogP contribution in [0.15, 0.2) is 41.5 Å². The Hall–Kier alpha value is -3.26. The van der Waals surface area contributed by atoms with Gasteiger partial charge in [-0.3, -0.25) is 9.78 Å². The number of halogens is 4. The number of alkyl halides is 3. The maximum Gasteiger partial charge on any atom is 0.417 e. The van der Waals surface area contributed by atoms with Gasteiger partial charge in [0.2, 0.25) is 16.0 Å². The minimum Gasteiger partial charge on any atom is -0.378 e. The predicted octanol–water partition coefficient (Wildman–Crippen LogP) is 2.07. The molecule has 3 heterocycles. The largest absolute Gasteiger partial charge is 0.417 e. The van der Waals surface area contributed by atoms with Crippen molar-refractivity contribution < 1.29 is 35.5 Å². The van der Waals surface area contributed by atoms with Crippen molar-refractivity contribution in [2.75, 3.05) is 25.6 Å². The highest BCUT2D eigenvalue weighted by Crippen LogP contribution is 2.44. The zero-order valence-corrected chi connectivity index (χ0v) is 18.5. The fourth-order valence-corrected chi connectivity index (χ4v) is 5.80. The van der Waals surface area contributed by atoms with Crippen molar-refractivity contribution in [2.45, 2.75) is 23.4 Å². The molecule has 1 unspecified atom stereocenters. The zero-order chi connectivity index (χ0) is 24.9. The number of fused-ring (bicyclic) bond motifs is 1. The van der Waals surface area contributed by atoms with Gasteiger partial charge in [0.05, 0.1) is 12.2 Å². The molecule has 9 nitrogen and oxygen atoms in total. The number of amides is 1. The number of aliphatic imine (C=N–C) groups is 1. The minimum absolute atomic E-state index is 0.0367. The fraction of sp³-hybridized carbons (Fsp3) is 0.350. The highest BCUT2D eigenvalue weighted by Gasteiger charge is 2.56. The van der Waals surface area contributed by atoms with Crippen LogP contribution < -0.4 is 11.1 Å². The Balaban J connectivity index is 1.70. The number of carbonyl (C=O) groups is 1. The first-order valence-corrected chi connectivity index (χ1v) is 11.4. The van der Waals surface area contributed by atoms with Crippen LogP contribution in [0.25, 0.3) is 0 Å². The minimum atomic E-state index is -4.61. The molecule has 2 atom stereocenters. The van der Waals surface area contributed by atoms with Crippen molar-refractivity contribution in [2.24, 2.45) is 10.7 Å². The summed E-state index contributed by atoms with van der Waals surface area (Å²) in [6.07, 6.45) is -4.05. The van der Waals surface area contributed by atoms with E-state index in [1.54, 1.807) is 0 Å². The summed E-state index contributed by atoms with van der Waals surface area (Å²) in [4.78, 5) is 20.3. The highest BCUT2D eigenvalue weighted by atomic mass is 32.2. The van der Waals surface area contributed by atoms with E-state index in [1.165, 1.54) is 19.2 Å². The summed E-state index contributed by atoms with van der Waals surface area (Å²) in [5.74, 6) is -1.98. The first kappa shape index (κ1) is 23.9. The number of nitrogens with zero attached hydrogens (tertiary/aromatic N) is 3. The second kappa shape index (κ2) is 8.20. The van der Waals surface area contributed by atoms with Gasteiger partial charge in [-0.05, 0) is 36.8 Å². The lowest BCUT2D eigenvalue weighted by molar-refractivity contribution is -0.137. The monoisotopic (exact) mass is 501 g/mol. The number of pyridine rings is 1. The number of nitrogens with two attached hydrogens (primary N) is 1. The molecule has 1 fully saturated rings. The summed E-state index contributed by atoms with van der Waals surface area (Å²) >= 11 is 0. The average molecular weight is 501 g/mol. The third kappa shape index (κ3) is 3.96. The van der Waals surface area contributed by atoms with E-state index in [-0.39, 0.29) is 42.5 Å². The summed E-state index contributed by atoms with van der Waals surface area (Å²) in [5, 5.41) is 1.26. The van der Waals surface area contributed by atoms with Gasteiger partial charge in [-0.15, -0.1) is 0 Å². The van der Waals surface area contributed by atoms with Gasteiger partial charge in [-0.2, -0.15) is 13.2 Å². The Morgan fingerprint density at radius 1 is 1.29 bits per heavy atom. The van der Waals surface area contributed by atoms with E-state index < -0.39 is 44.3 Å². The normalized spacial score (nSPS) is 24.2. The van der Waals surface area contributed by atoms with E-state index in [0.717, 1.165) is 16.4 Å². The van der Waals surface area contributed by atoms with Crippen LogP contribution in [0.5, 0.6) is 0 Å². The molecular formula is C20H19F4N5O4S. The maximum atomic E-state index is 15.0. The van der Waals surface area contributed by atoms with Crippen molar-refractivity contribution in [3.63, 3.8) is 0 Å². The molecule has 14 heteroatoms. The molecule has 0 radical (unpaired) electrons. The second-order valence-corrected chi connectivity index (χ2v) is 9.96. The van der Waals surface area contributed by atoms with Gasteiger partial charge in [-0.1, -0.05) is 0 Å². The van der Waals surface area contributed by atoms with E-state index in [0.29, 0.717) is 12.3 Å². The number of aromatic nitrogens is 1. The first-order valence-electron chi connectivity index (χ1n) is 9.92. The van der Waals surface area contributed by atoms with Crippen LogP contribution in [-0.2, 0) is 26.5 Å². The van der Waals surface area contributed by atoms with Crippen LogP contribution in [0.2, 0.25) is 0 Å². The molecule has 2 aliphatic rings. The number of ether oxygens (including phenoxy) is 1. The molecule has 1 aromatic carbocycles. The van der Waals surface area contributed by atoms with Crippen molar-refractivity contribution in [3.05, 3.63) is 59.2 Å². The lowest BCUT2D eigenvalue weighted by atomic mass is 9.84. The molecule has 0 spiro atoms. The summed E-state index contributed by atoms with van der Waals surface area (Å²) in [6, 6.07) is 5.05. The number of sulfonamides is 1. The number of hydrogen-bond acceptors (Lipinski definition) is 7. The molecule has 182 valence electrons. The second-order valence-electron chi connectivity index (χ2n) is 7.82. The molecule has 0 aliphatic carbocycles. The molecule has 4 rings (SSSR count). The van der Waals surface area contributed by atoms with Gasteiger partial charge in [0.1, 0.15) is 22.3 Å². The van der Waals surface area contributed by atoms with Crippen molar-refractivity contribution in [3.8, 4) is 0 Å². The number of anilines is 1. The molecule has 1 saturated heterocycles. The molecule has 2 aromatic rings. The van der Waals surface area contributed by atoms with Crippen molar-refractivity contribution >= 4 is 27.6 Å². The molecule has 0 bridgehead atoms. The Morgan fingerprint density at radius 3 is 2.68 bits per heavy atom. The molecular weight excluding hydrogens is 482 g/mol. The van der Waals surface area contributed by atoms with Crippen LogP contribution in [0.1, 0.15) is 28.0 Å². The van der Waals surface area contributed by atoms with E-state index >= 15 is 4.39 Å². The molecule has 0 saturated carbocycles. The third-order valence-electron chi connectivity index (χ3n) is 5.77. The van der Waals surface area contributed by atoms with Gasteiger partial charge in [0.25, 0.3) is 5.91 Å². The van der Waals surface area contributed by atoms with Crippen LogP contribution in [0, 0.1) is 5.82 Å². The van der Waals surface area contributed by atoms with Crippen LogP contribution >= 0.6 is 0 Å². The molecule has 1 aromatic heterocycles. The summed E-state index contributed by atoms with van der Waals surface area (Å²) in [6.45, 7) is -0.146. The summed E-state index contributed by atoms with van der Waals surface area (Å²) in [7, 11) is -2.74. The van der Waals surface area contributed by atoms with Crippen molar-refractivity contribution in [1.82, 2.24) is 9.29 Å². The Kier molecular flexibility index (Phi) is 5.76. The Bertz CT molecular complexity index is 1270. The predicted molar refractivity (Wildman–Crippen MR) is 113 cm³/mol. The van der Waals surface area contributed by atoms with Gasteiger partial charge >= 0.3 is 6.18 Å². The zero-order valence-electron chi connectivity index (χ0n) is 17.6. The van der Waals surface area contributed by atoms with E-state index in [9.17, 15) is 26.4 Å². The number of carbonyl (C=O) groups excluding carboxylic acids is 1. The Labute approximate surface area is 191 Å². The van der Waals surface area contributed by atoms with Crippen LogP contribution in [-0.4, -0.2) is 55.1 Å². The fourth-order valence-electron chi connectivity index (χ4n) is 3.98. The first-order chi connectivity index (χ1) is 15.9. The Morgan fingerprint density at radius 2 is 2.03 bits per heavy atom. The number of rotatable bonds is 3. The number of hydrogen-bond donors (Lipinski definition) is 2. The van der Waals surface area contributed by atoms with Crippen molar-refractivity contribution in [1.29, 1.82) is 0 Å². The van der Waals surface area contributed by atoms with Gasteiger partial charge in [-0.25, -0.2) is 22.1 Å². The van der Waals surface area contributed by atoms with Crippen LogP contribution in [0.4, 0.5) is 23.2 Å². The third-order valence-corrected chi connectivity index (χ3v) is 8.07. The topological polar surface area (TPSA) is 127 Å². The standard InChI is InChI=1S/C20H19F4N5O4S/c1-29-18(25)28-19(10-33-7-6-16(19)34(29,31)32)13-8-12(3-4-14(13)21)27-17(30)15-5-2-11(9-26-15)20(22,23)24/h2-5,8-9,16H,6-7,10H2,1H3,(H2,25,28)(H,27,30)/t16?,19-/m1/s1. The van der Waals surface area contributed by atoms with E-state index in [2.05, 4.69) is 15.3 Å². The molecule has 34 heavy (non-hydrogen) atoms. The van der Waals surface area contributed by atoms with Crippen LogP contribution in [0.3, 0.4) is 0 Å². The molecule has 1 amide bonds. The lowest BCUT2D eigenvalue weighted by Gasteiger charge is -2.45. The van der Waals surface area contributed by atoms with Gasteiger partial charge in [0, 0.05) is 31.1 Å². The lowest BCUT2D eigenvalue weighted by Crippen LogP contribution is -2.61. The smallest absolute Gasteiger partial charge is 0.378 e. The molecule has 2 aliphatic heterocycles. The summed E-state index contributed by atoms with van der Waals surface area (Å²) in [5.41, 5.74) is 2.71. The summed E-state index contributed by atoms with van der Waals surface area (Å²) < 4.78 is 85.5. The molecule has 3 N–H and O–H groups in total. The van der Waals surface area contributed by atoms with E-state index in [4.69, 9.17) is 10.5 Å². The van der Waals surface area contributed by atoms with E-state index in [1.807, 2.05) is 0 Å². The maximum absolute atomic E-state index is 15.0. The quantitative estimate of drug-likeness (QED) is 0.620. The van der Waals surface area contributed by atoms with Gasteiger partial charge < -0.3 is 15.8 Å². The number of benzene rings is 1. The highest BCUT2D eigenvalue weighted by molar-refractivity contribution is 7.90. The number of nitrogens with one attached hydrogen (secondary N) is 1. The average Bonchev–Trinajstić information content (AvgIpc) is 2.78. The number of guanidine groups is 1.